The van der Waals surface area contributed by atoms with Gasteiger partial charge < -0.3 is 13.9 Å². The second-order valence-corrected chi connectivity index (χ2v) is 7.50. The van der Waals surface area contributed by atoms with Crippen molar-refractivity contribution in [1.82, 2.24) is 19.6 Å². The molecule has 1 aliphatic heterocycles. The van der Waals surface area contributed by atoms with Gasteiger partial charge in [-0.05, 0) is 12.1 Å². The standard InChI is InChI=1S/C17H12N4O4S2/c22-14-7-10(18-16-21(14)5-6-26-16)9-27-17-20-19-15(25-17)13-8-23-11-3-1-2-4-12(11)24-13/h1-7,13H,8-9H2. The second kappa shape index (κ2) is 6.71. The van der Waals surface area contributed by atoms with Crippen LogP contribution >= 0.6 is 23.1 Å². The third-order valence-electron chi connectivity index (χ3n) is 3.91. The van der Waals surface area contributed by atoms with E-state index in [0.717, 1.165) is 0 Å². The molecule has 0 bridgehead atoms. The van der Waals surface area contributed by atoms with E-state index in [4.69, 9.17) is 13.9 Å². The molecule has 0 aliphatic carbocycles. The van der Waals surface area contributed by atoms with E-state index in [0.29, 0.717) is 45.6 Å². The zero-order chi connectivity index (χ0) is 18.2. The SMILES string of the molecule is O=c1cc(CSc2nnc(C3COc4ccccc4O3)o2)nc2sccn12. The second-order valence-electron chi connectivity index (χ2n) is 5.70. The number of ether oxygens (including phenoxy) is 2. The molecule has 3 aromatic heterocycles. The summed E-state index contributed by atoms with van der Waals surface area (Å²) in [7, 11) is 0. The van der Waals surface area contributed by atoms with Gasteiger partial charge in [-0.2, -0.15) is 0 Å². The first kappa shape index (κ1) is 16.3. The summed E-state index contributed by atoms with van der Waals surface area (Å²) in [5.74, 6) is 2.16. The van der Waals surface area contributed by atoms with Crippen molar-refractivity contribution in [2.75, 3.05) is 6.61 Å². The summed E-state index contributed by atoms with van der Waals surface area (Å²) in [5.41, 5.74) is 0.563. The van der Waals surface area contributed by atoms with Crippen LogP contribution in [-0.2, 0) is 5.75 Å². The van der Waals surface area contributed by atoms with Crippen LogP contribution in [0.5, 0.6) is 11.5 Å². The minimum absolute atomic E-state index is 0.102. The lowest BCUT2D eigenvalue weighted by atomic mass is 10.2. The number of rotatable bonds is 4. The summed E-state index contributed by atoms with van der Waals surface area (Å²) in [6.45, 7) is 0.302. The molecule has 0 fully saturated rings. The highest BCUT2D eigenvalue weighted by Crippen LogP contribution is 2.36. The van der Waals surface area contributed by atoms with Crippen molar-refractivity contribution < 1.29 is 13.9 Å². The van der Waals surface area contributed by atoms with Crippen molar-refractivity contribution in [3.8, 4) is 11.5 Å². The molecule has 0 radical (unpaired) electrons. The Labute approximate surface area is 160 Å². The molecule has 0 amide bonds. The number of hydrogen-bond donors (Lipinski definition) is 0. The number of aromatic nitrogens is 4. The van der Waals surface area contributed by atoms with Crippen molar-refractivity contribution in [3.05, 3.63) is 63.8 Å². The first-order chi connectivity index (χ1) is 13.3. The molecule has 0 spiro atoms. The Morgan fingerprint density at radius 2 is 2.15 bits per heavy atom. The van der Waals surface area contributed by atoms with E-state index in [9.17, 15) is 4.79 Å². The van der Waals surface area contributed by atoms with E-state index in [-0.39, 0.29) is 5.56 Å². The summed E-state index contributed by atoms with van der Waals surface area (Å²) in [5, 5.41) is 10.3. The molecular formula is C17H12N4O4S2. The van der Waals surface area contributed by atoms with Gasteiger partial charge in [0.2, 0.25) is 6.10 Å². The van der Waals surface area contributed by atoms with Crippen LogP contribution in [0.25, 0.3) is 4.96 Å². The van der Waals surface area contributed by atoms with Gasteiger partial charge in [-0.3, -0.25) is 9.20 Å². The van der Waals surface area contributed by atoms with Crippen LogP contribution in [0, 0.1) is 0 Å². The van der Waals surface area contributed by atoms with Crippen LogP contribution in [0.3, 0.4) is 0 Å². The minimum Gasteiger partial charge on any atom is -0.485 e. The van der Waals surface area contributed by atoms with E-state index < -0.39 is 6.10 Å². The summed E-state index contributed by atoms with van der Waals surface area (Å²) in [4.78, 5) is 17.1. The maximum atomic E-state index is 12.0. The molecule has 27 heavy (non-hydrogen) atoms. The molecule has 4 aromatic rings. The number of fused-ring (bicyclic) bond motifs is 2. The largest absolute Gasteiger partial charge is 0.485 e. The number of para-hydroxylation sites is 2. The molecule has 0 N–H and O–H groups in total. The summed E-state index contributed by atoms with van der Waals surface area (Å²) in [6, 6.07) is 8.95. The Hall–Kier alpha value is -2.85. The zero-order valence-electron chi connectivity index (χ0n) is 13.8. The van der Waals surface area contributed by atoms with E-state index in [2.05, 4.69) is 15.2 Å². The quantitative estimate of drug-likeness (QED) is 0.483. The van der Waals surface area contributed by atoms with Gasteiger partial charge in [0.15, 0.2) is 16.5 Å². The Balaban J connectivity index is 1.29. The van der Waals surface area contributed by atoms with Gasteiger partial charge in [-0.1, -0.05) is 23.9 Å². The Kier molecular flexibility index (Phi) is 4.06. The molecule has 1 unspecified atom stereocenters. The molecule has 5 rings (SSSR count). The first-order valence-corrected chi connectivity index (χ1v) is 9.93. The van der Waals surface area contributed by atoms with E-state index in [1.54, 1.807) is 6.20 Å². The monoisotopic (exact) mass is 400 g/mol. The van der Waals surface area contributed by atoms with Gasteiger partial charge in [-0.25, -0.2) is 4.98 Å². The fraction of sp³-hybridized carbons (Fsp3) is 0.176. The average Bonchev–Trinajstić information content (AvgIpc) is 3.36. The summed E-state index contributed by atoms with van der Waals surface area (Å²) < 4.78 is 18.7. The Bertz CT molecular complexity index is 1170. The predicted octanol–water partition coefficient (Wildman–Crippen LogP) is 2.94. The van der Waals surface area contributed by atoms with Crippen molar-refractivity contribution in [2.24, 2.45) is 0 Å². The van der Waals surface area contributed by atoms with Crippen molar-refractivity contribution in [1.29, 1.82) is 0 Å². The highest BCUT2D eigenvalue weighted by Gasteiger charge is 2.27. The topological polar surface area (TPSA) is 91.8 Å². The lowest BCUT2D eigenvalue weighted by molar-refractivity contribution is 0.0686. The third kappa shape index (κ3) is 3.17. The van der Waals surface area contributed by atoms with Crippen molar-refractivity contribution in [3.63, 3.8) is 0 Å². The molecular weight excluding hydrogens is 388 g/mol. The summed E-state index contributed by atoms with van der Waals surface area (Å²) >= 11 is 2.74. The Morgan fingerprint density at radius 1 is 1.26 bits per heavy atom. The van der Waals surface area contributed by atoms with Crippen molar-refractivity contribution in [2.45, 2.75) is 17.1 Å². The molecule has 0 saturated heterocycles. The molecule has 1 aromatic carbocycles. The lowest BCUT2D eigenvalue weighted by Gasteiger charge is -2.23. The fourth-order valence-corrected chi connectivity index (χ4v) is 4.05. The number of nitrogens with zero attached hydrogens (tertiary/aromatic N) is 4. The highest BCUT2D eigenvalue weighted by molar-refractivity contribution is 7.98. The number of benzene rings is 1. The van der Waals surface area contributed by atoms with Crippen LogP contribution < -0.4 is 15.0 Å². The van der Waals surface area contributed by atoms with Gasteiger partial charge in [0.25, 0.3) is 16.7 Å². The summed E-state index contributed by atoms with van der Waals surface area (Å²) in [6.07, 6.45) is 1.26. The Morgan fingerprint density at radius 3 is 3.07 bits per heavy atom. The van der Waals surface area contributed by atoms with Gasteiger partial charge in [0, 0.05) is 23.4 Å². The van der Waals surface area contributed by atoms with E-state index >= 15 is 0 Å². The van der Waals surface area contributed by atoms with Crippen LogP contribution in [0.15, 0.2) is 56.3 Å². The van der Waals surface area contributed by atoms with Gasteiger partial charge in [-0.15, -0.1) is 21.5 Å². The molecule has 4 heterocycles. The van der Waals surface area contributed by atoms with Crippen LogP contribution in [0.2, 0.25) is 0 Å². The van der Waals surface area contributed by atoms with Gasteiger partial charge in [0.05, 0.1) is 5.69 Å². The average molecular weight is 400 g/mol. The fourth-order valence-electron chi connectivity index (χ4n) is 2.65. The van der Waals surface area contributed by atoms with Gasteiger partial charge in [0.1, 0.15) is 6.61 Å². The zero-order valence-corrected chi connectivity index (χ0v) is 15.4. The molecule has 8 nitrogen and oxygen atoms in total. The van der Waals surface area contributed by atoms with E-state index in [1.165, 1.54) is 33.6 Å². The minimum atomic E-state index is -0.452. The van der Waals surface area contributed by atoms with Crippen LogP contribution in [0.4, 0.5) is 0 Å². The van der Waals surface area contributed by atoms with Crippen LogP contribution in [-0.4, -0.2) is 26.2 Å². The first-order valence-electron chi connectivity index (χ1n) is 8.07. The predicted molar refractivity (Wildman–Crippen MR) is 98.5 cm³/mol. The molecule has 1 atom stereocenters. The smallest absolute Gasteiger partial charge is 0.277 e. The van der Waals surface area contributed by atoms with Crippen LogP contribution in [0.1, 0.15) is 17.7 Å². The molecule has 136 valence electrons. The third-order valence-corrected chi connectivity index (χ3v) is 5.51. The molecule has 10 heteroatoms. The number of thioether (sulfide) groups is 1. The highest BCUT2D eigenvalue weighted by atomic mass is 32.2. The normalized spacial score (nSPS) is 15.9. The van der Waals surface area contributed by atoms with E-state index in [1.807, 2.05) is 29.6 Å². The molecule has 0 saturated carbocycles. The maximum Gasteiger partial charge on any atom is 0.277 e. The molecule has 1 aliphatic rings. The lowest BCUT2D eigenvalue weighted by Crippen LogP contribution is -2.21. The number of thiazole rings is 1. The number of hydrogen-bond acceptors (Lipinski definition) is 9. The van der Waals surface area contributed by atoms with Crippen molar-refractivity contribution >= 4 is 28.1 Å². The van der Waals surface area contributed by atoms with Gasteiger partial charge >= 0.3 is 0 Å². The maximum absolute atomic E-state index is 12.0.